The Labute approximate surface area is 129 Å². The molecule has 2 atom stereocenters. The molecule has 0 aliphatic carbocycles. The lowest BCUT2D eigenvalue weighted by Crippen LogP contribution is -2.49. The minimum Gasteiger partial charge on any atom is -0.486 e. The smallest absolute Gasteiger partial charge is 0.137 e. The number of ether oxygens (including phenoxy) is 2. The second-order valence-corrected chi connectivity index (χ2v) is 6.86. The van der Waals surface area contributed by atoms with Crippen LogP contribution in [0, 0.1) is 0 Å². The lowest BCUT2D eigenvalue weighted by atomic mass is 9.87. The van der Waals surface area contributed by atoms with E-state index in [0.29, 0.717) is 12.6 Å². The zero-order valence-electron chi connectivity index (χ0n) is 13.8. The predicted molar refractivity (Wildman–Crippen MR) is 87.1 cm³/mol. The van der Waals surface area contributed by atoms with Gasteiger partial charge in [-0.15, -0.1) is 0 Å². The molecule has 3 heteroatoms. The molecule has 0 bridgehead atoms. The summed E-state index contributed by atoms with van der Waals surface area (Å²) in [5, 5.41) is 3.58. The van der Waals surface area contributed by atoms with E-state index >= 15 is 0 Å². The van der Waals surface area contributed by atoms with Crippen molar-refractivity contribution in [3.63, 3.8) is 0 Å². The van der Waals surface area contributed by atoms with Crippen LogP contribution in [-0.4, -0.2) is 31.9 Å². The van der Waals surface area contributed by atoms with Gasteiger partial charge < -0.3 is 14.8 Å². The Balaban J connectivity index is 2.05. The first-order valence-corrected chi connectivity index (χ1v) is 8.09. The quantitative estimate of drug-likeness (QED) is 0.900. The van der Waals surface area contributed by atoms with Crippen molar-refractivity contribution in [3.8, 4) is 5.75 Å². The normalized spacial score (nSPS) is 23.0. The Hall–Kier alpha value is -1.06. The van der Waals surface area contributed by atoms with Crippen LogP contribution in [0.3, 0.4) is 0 Å². The van der Waals surface area contributed by atoms with Crippen molar-refractivity contribution in [1.82, 2.24) is 5.32 Å². The highest BCUT2D eigenvalue weighted by Gasteiger charge is 2.27. The molecular formula is C18H29NO2. The third-order valence-corrected chi connectivity index (χ3v) is 3.95. The summed E-state index contributed by atoms with van der Waals surface area (Å²) in [6.07, 6.45) is 2.26. The molecular weight excluding hydrogens is 262 g/mol. The summed E-state index contributed by atoms with van der Waals surface area (Å²) in [7, 11) is 0. The molecule has 0 aromatic heterocycles. The highest BCUT2D eigenvalue weighted by Crippen LogP contribution is 2.27. The van der Waals surface area contributed by atoms with Gasteiger partial charge in [-0.05, 0) is 42.5 Å². The Morgan fingerprint density at radius 3 is 2.86 bits per heavy atom. The number of hydrogen-bond donors (Lipinski definition) is 1. The number of hydrogen-bond acceptors (Lipinski definition) is 3. The molecule has 1 N–H and O–H groups in total. The summed E-state index contributed by atoms with van der Waals surface area (Å²) in [6, 6.07) is 8.83. The van der Waals surface area contributed by atoms with E-state index in [2.05, 4.69) is 51.2 Å². The third kappa shape index (κ3) is 4.72. The van der Waals surface area contributed by atoms with Crippen LogP contribution in [0.4, 0.5) is 0 Å². The fraction of sp³-hybridized carbons (Fsp3) is 0.667. The van der Waals surface area contributed by atoms with Crippen molar-refractivity contribution in [2.24, 2.45) is 0 Å². The van der Waals surface area contributed by atoms with Gasteiger partial charge >= 0.3 is 0 Å². The highest BCUT2D eigenvalue weighted by atomic mass is 16.5. The van der Waals surface area contributed by atoms with Gasteiger partial charge in [0.2, 0.25) is 0 Å². The van der Waals surface area contributed by atoms with E-state index in [0.717, 1.165) is 31.7 Å². The van der Waals surface area contributed by atoms with E-state index in [4.69, 9.17) is 9.47 Å². The van der Waals surface area contributed by atoms with Gasteiger partial charge in [-0.1, -0.05) is 39.8 Å². The number of rotatable bonds is 5. The van der Waals surface area contributed by atoms with Gasteiger partial charge in [0.05, 0.1) is 6.61 Å². The molecule has 1 aliphatic rings. The van der Waals surface area contributed by atoms with Crippen LogP contribution < -0.4 is 10.1 Å². The Kier molecular flexibility index (Phi) is 5.65. The number of benzene rings is 1. The summed E-state index contributed by atoms with van der Waals surface area (Å²) < 4.78 is 11.8. The summed E-state index contributed by atoms with van der Waals surface area (Å²) in [5.41, 5.74) is 1.44. The Bertz CT molecular complexity index is 439. The summed E-state index contributed by atoms with van der Waals surface area (Å²) in [5.74, 6) is 0.946. The van der Waals surface area contributed by atoms with Crippen molar-refractivity contribution >= 4 is 0 Å². The molecule has 0 spiro atoms. The molecule has 1 aliphatic heterocycles. The molecule has 2 rings (SSSR count). The van der Waals surface area contributed by atoms with E-state index in [1.54, 1.807) is 0 Å². The third-order valence-electron chi connectivity index (χ3n) is 3.95. The summed E-state index contributed by atoms with van der Waals surface area (Å²) >= 11 is 0. The highest BCUT2D eigenvalue weighted by molar-refractivity contribution is 5.32. The number of nitrogens with one attached hydrogen (secondary N) is 1. The van der Waals surface area contributed by atoms with Gasteiger partial charge in [-0.25, -0.2) is 0 Å². The minimum absolute atomic E-state index is 0.0977. The first-order chi connectivity index (χ1) is 10.0. The molecule has 0 radical (unpaired) electrons. The SMILES string of the molecule is CCCNC1CCOCC1Oc1cccc(C(C)(C)C)c1. The van der Waals surface area contributed by atoms with Gasteiger partial charge in [0.1, 0.15) is 11.9 Å². The van der Waals surface area contributed by atoms with Gasteiger partial charge in [0, 0.05) is 12.6 Å². The van der Waals surface area contributed by atoms with Gasteiger partial charge in [0.15, 0.2) is 0 Å². The molecule has 1 saturated heterocycles. The van der Waals surface area contributed by atoms with Crippen molar-refractivity contribution < 1.29 is 9.47 Å². The standard InChI is InChI=1S/C18H29NO2/c1-5-10-19-16-9-11-20-13-17(16)21-15-8-6-7-14(12-15)18(2,3)4/h6-8,12,16-17,19H,5,9-11,13H2,1-4H3. The van der Waals surface area contributed by atoms with Crippen LogP contribution in [0.2, 0.25) is 0 Å². The van der Waals surface area contributed by atoms with Gasteiger partial charge in [-0.3, -0.25) is 0 Å². The second-order valence-electron chi connectivity index (χ2n) is 6.86. The molecule has 3 nitrogen and oxygen atoms in total. The first-order valence-electron chi connectivity index (χ1n) is 8.09. The van der Waals surface area contributed by atoms with E-state index in [1.165, 1.54) is 5.56 Å². The molecule has 1 aromatic rings. The molecule has 21 heavy (non-hydrogen) atoms. The minimum atomic E-state index is 0.0977. The average Bonchev–Trinajstić information content (AvgIpc) is 2.46. The topological polar surface area (TPSA) is 30.5 Å². The maximum Gasteiger partial charge on any atom is 0.137 e. The summed E-state index contributed by atoms with van der Waals surface area (Å²) in [4.78, 5) is 0. The van der Waals surface area contributed by atoms with Gasteiger partial charge in [0.25, 0.3) is 0 Å². The second kappa shape index (κ2) is 7.28. The van der Waals surface area contributed by atoms with Crippen LogP contribution in [0.15, 0.2) is 24.3 Å². The monoisotopic (exact) mass is 291 g/mol. The first kappa shape index (κ1) is 16.3. The fourth-order valence-electron chi connectivity index (χ4n) is 2.60. The largest absolute Gasteiger partial charge is 0.486 e. The van der Waals surface area contributed by atoms with E-state index in [-0.39, 0.29) is 11.5 Å². The molecule has 1 aromatic carbocycles. The van der Waals surface area contributed by atoms with E-state index in [9.17, 15) is 0 Å². The van der Waals surface area contributed by atoms with Crippen LogP contribution in [0.25, 0.3) is 0 Å². The van der Waals surface area contributed by atoms with Crippen LogP contribution in [0.5, 0.6) is 5.75 Å². The van der Waals surface area contributed by atoms with Crippen LogP contribution in [-0.2, 0) is 10.2 Å². The Morgan fingerprint density at radius 1 is 1.33 bits per heavy atom. The van der Waals surface area contributed by atoms with Crippen molar-refractivity contribution in [1.29, 1.82) is 0 Å². The zero-order valence-corrected chi connectivity index (χ0v) is 13.8. The molecule has 0 saturated carbocycles. The maximum absolute atomic E-state index is 6.21. The molecule has 118 valence electrons. The fourth-order valence-corrected chi connectivity index (χ4v) is 2.60. The summed E-state index contributed by atoms with van der Waals surface area (Å²) in [6.45, 7) is 11.4. The lowest BCUT2D eigenvalue weighted by Gasteiger charge is -2.33. The zero-order chi connectivity index (χ0) is 15.3. The van der Waals surface area contributed by atoms with Crippen molar-refractivity contribution in [3.05, 3.63) is 29.8 Å². The average molecular weight is 291 g/mol. The van der Waals surface area contributed by atoms with Crippen molar-refractivity contribution in [2.45, 2.75) is 58.1 Å². The molecule has 0 amide bonds. The molecule has 1 fully saturated rings. The molecule has 2 unspecified atom stereocenters. The van der Waals surface area contributed by atoms with Gasteiger partial charge in [-0.2, -0.15) is 0 Å². The van der Waals surface area contributed by atoms with Crippen molar-refractivity contribution in [2.75, 3.05) is 19.8 Å². The maximum atomic E-state index is 6.21. The lowest BCUT2D eigenvalue weighted by molar-refractivity contribution is -0.0146. The van der Waals surface area contributed by atoms with Crippen LogP contribution in [0.1, 0.15) is 46.1 Å². The van der Waals surface area contributed by atoms with Crippen LogP contribution >= 0.6 is 0 Å². The molecule has 1 heterocycles. The predicted octanol–water partition coefficient (Wildman–Crippen LogP) is 3.52. The van der Waals surface area contributed by atoms with E-state index < -0.39 is 0 Å². The van der Waals surface area contributed by atoms with E-state index in [1.807, 2.05) is 6.07 Å². The Morgan fingerprint density at radius 2 is 2.14 bits per heavy atom.